The van der Waals surface area contributed by atoms with Crippen molar-refractivity contribution in [3.8, 4) is 0 Å². The van der Waals surface area contributed by atoms with Gasteiger partial charge < -0.3 is 0 Å². The average molecular weight is 156 g/mol. The standard InChI is InChI=1S/C4N2O3S/c7-1-5-3(8)4(9)6-2-10. The highest BCUT2D eigenvalue weighted by Crippen LogP contribution is 1.77. The first kappa shape index (κ1) is 8.52. The Hall–Kier alpha value is -1.48. The van der Waals surface area contributed by atoms with Gasteiger partial charge in [0.15, 0.2) is 0 Å². The maximum Gasteiger partial charge on any atom is 0.348 e. The molecule has 2 amide bonds. The number of hydrogen-bond donors (Lipinski definition) is 0. The monoisotopic (exact) mass is 156 g/mol. The van der Waals surface area contributed by atoms with Crippen LogP contribution in [-0.2, 0) is 14.4 Å². The van der Waals surface area contributed by atoms with Gasteiger partial charge in [-0.25, -0.2) is 4.79 Å². The minimum absolute atomic E-state index is 0.890. The van der Waals surface area contributed by atoms with Gasteiger partial charge in [-0.05, 0) is 12.2 Å². The highest BCUT2D eigenvalue weighted by molar-refractivity contribution is 7.78. The molecule has 0 aliphatic heterocycles. The van der Waals surface area contributed by atoms with Crippen LogP contribution in [0.15, 0.2) is 9.98 Å². The molecular weight excluding hydrogens is 156 g/mol. The highest BCUT2D eigenvalue weighted by atomic mass is 32.1. The first-order valence-electron chi connectivity index (χ1n) is 1.96. The van der Waals surface area contributed by atoms with E-state index in [2.05, 4.69) is 22.2 Å². The molecule has 0 aliphatic rings. The van der Waals surface area contributed by atoms with Gasteiger partial charge >= 0.3 is 11.8 Å². The van der Waals surface area contributed by atoms with Crippen LogP contribution < -0.4 is 0 Å². The zero-order chi connectivity index (χ0) is 7.98. The number of amides is 2. The number of isocyanates is 1. The van der Waals surface area contributed by atoms with Gasteiger partial charge in [-0.15, -0.1) is 9.98 Å². The third-order valence-electron chi connectivity index (χ3n) is 0.477. The summed E-state index contributed by atoms with van der Waals surface area (Å²) in [7, 11) is 0. The molecule has 0 heterocycles. The molecule has 6 heteroatoms. The fourth-order valence-electron chi connectivity index (χ4n) is 0.179. The summed E-state index contributed by atoms with van der Waals surface area (Å²) in [5.41, 5.74) is 0. The summed E-state index contributed by atoms with van der Waals surface area (Å²) in [6.07, 6.45) is 0.890. The highest BCUT2D eigenvalue weighted by Gasteiger charge is 2.08. The molecule has 0 fully saturated rings. The number of isothiocyanates is 1. The number of thiocarbonyl (C=S) groups is 1. The van der Waals surface area contributed by atoms with E-state index in [1.54, 1.807) is 5.16 Å². The second kappa shape index (κ2) is 4.40. The van der Waals surface area contributed by atoms with Crippen LogP contribution in [0.2, 0.25) is 0 Å². The molecule has 0 radical (unpaired) electrons. The number of nitrogens with zero attached hydrogens (tertiary/aromatic N) is 2. The SMILES string of the molecule is O=C=NC(=O)C(=O)N=C=S. The molecule has 0 rings (SSSR count). The van der Waals surface area contributed by atoms with E-state index in [0.717, 1.165) is 6.08 Å². The molecule has 10 heavy (non-hydrogen) atoms. The van der Waals surface area contributed by atoms with Gasteiger partial charge in [0.1, 0.15) is 0 Å². The van der Waals surface area contributed by atoms with E-state index < -0.39 is 11.8 Å². The maximum absolute atomic E-state index is 10.2. The summed E-state index contributed by atoms with van der Waals surface area (Å²) in [6.45, 7) is 0. The average Bonchev–Trinajstić information content (AvgIpc) is 1.89. The number of hydrogen-bond acceptors (Lipinski definition) is 4. The van der Waals surface area contributed by atoms with Crippen molar-refractivity contribution in [2.24, 2.45) is 9.98 Å². The number of rotatable bonds is 0. The molecule has 50 valence electrons. The zero-order valence-corrected chi connectivity index (χ0v) is 5.34. The van der Waals surface area contributed by atoms with Gasteiger partial charge in [0, 0.05) is 0 Å². The smallest absolute Gasteiger partial charge is 0.260 e. The Balaban J connectivity index is 4.37. The minimum atomic E-state index is -1.30. The normalized spacial score (nSPS) is 6.80. The Kier molecular flexibility index (Phi) is 3.75. The maximum atomic E-state index is 10.2. The molecule has 0 N–H and O–H groups in total. The summed E-state index contributed by atoms with van der Waals surface area (Å²) >= 11 is 4.00. The lowest BCUT2D eigenvalue weighted by Crippen LogP contribution is -2.06. The van der Waals surface area contributed by atoms with E-state index in [0.29, 0.717) is 0 Å². The van der Waals surface area contributed by atoms with Crippen LogP contribution in [0.3, 0.4) is 0 Å². The van der Waals surface area contributed by atoms with Crippen LogP contribution in [0.4, 0.5) is 0 Å². The van der Waals surface area contributed by atoms with E-state index in [-0.39, 0.29) is 0 Å². The van der Waals surface area contributed by atoms with Crippen molar-refractivity contribution in [3.05, 3.63) is 0 Å². The van der Waals surface area contributed by atoms with Crippen LogP contribution in [-0.4, -0.2) is 23.1 Å². The van der Waals surface area contributed by atoms with E-state index in [4.69, 9.17) is 0 Å². The molecule has 5 nitrogen and oxygen atoms in total. The van der Waals surface area contributed by atoms with Crippen LogP contribution in [0.1, 0.15) is 0 Å². The Labute approximate surface area is 60.5 Å². The minimum Gasteiger partial charge on any atom is -0.260 e. The topological polar surface area (TPSA) is 75.9 Å². The first-order valence-corrected chi connectivity index (χ1v) is 2.37. The molecule has 0 aromatic rings. The van der Waals surface area contributed by atoms with Crippen LogP contribution >= 0.6 is 12.2 Å². The molecule has 0 unspecified atom stereocenters. The number of carbonyl (C=O) groups excluding carboxylic acids is 3. The Morgan fingerprint density at radius 1 is 1.20 bits per heavy atom. The molecule has 0 atom stereocenters. The Bertz CT molecular complexity index is 232. The lowest BCUT2D eigenvalue weighted by atomic mass is 10.6. The van der Waals surface area contributed by atoms with Gasteiger partial charge in [-0.1, -0.05) is 0 Å². The van der Waals surface area contributed by atoms with Crippen molar-refractivity contribution in [3.63, 3.8) is 0 Å². The molecule has 0 saturated heterocycles. The van der Waals surface area contributed by atoms with E-state index in [1.807, 2.05) is 0 Å². The van der Waals surface area contributed by atoms with Crippen LogP contribution in [0, 0.1) is 0 Å². The van der Waals surface area contributed by atoms with Gasteiger partial charge in [-0.2, -0.15) is 0 Å². The van der Waals surface area contributed by atoms with Crippen molar-refractivity contribution in [2.75, 3.05) is 0 Å². The van der Waals surface area contributed by atoms with E-state index >= 15 is 0 Å². The predicted octanol–water partition coefficient (Wildman–Crippen LogP) is -0.522. The molecule has 0 bridgehead atoms. The third-order valence-corrected chi connectivity index (χ3v) is 0.569. The quantitative estimate of drug-likeness (QED) is 0.204. The van der Waals surface area contributed by atoms with Gasteiger partial charge in [0.05, 0.1) is 5.16 Å². The number of carbonyl (C=O) groups is 2. The van der Waals surface area contributed by atoms with Crippen molar-refractivity contribution in [1.82, 2.24) is 0 Å². The molecular formula is C4N2O3S. The van der Waals surface area contributed by atoms with Gasteiger partial charge in [-0.3, -0.25) is 9.59 Å². The van der Waals surface area contributed by atoms with E-state index in [1.165, 1.54) is 0 Å². The predicted molar refractivity (Wildman–Crippen MR) is 33.2 cm³/mol. The molecule has 0 aromatic heterocycles. The molecule has 0 spiro atoms. The number of aliphatic imine (C=N–C) groups is 2. The van der Waals surface area contributed by atoms with Crippen molar-refractivity contribution < 1.29 is 14.4 Å². The van der Waals surface area contributed by atoms with Crippen molar-refractivity contribution >= 4 is 35.3 Å². The summed E-state index contributed by atoms with van der Waals surface area (Å²) in [4.78, 5) is 35.0. The first-order chi connectivity index (χ1) is 4.72. The van der Waals surface area contributed by atoms with Gasteiger partial charge in [0.2, 0.25) is 6.08 Å². The largest absolute Gasteiger partial charge is 0.348 e. The van der Waals surface area contributed by atoms with Crippen LogP contribution in [0.5, 0.6) is 0 Å². The Morgan fingerprint density at radius 3 is 2.10 bits per heavy atom. The second-order valence-electron chi connectivity index (χ2n) is 1.02. The lowest BCUT2D eigenvalue weighted by Gasteiger charge is -1.75. The lowest BCUT2D eigenvalue weighted by molar-refractivity contribution is -0.134. The van der Waals surface area contributed by atoms with Crippen molar-refractivity contribution in [1.29, 1.82) is 0 Å². The zero-order valence-electron chi connectivity index (χ0n) is 4.53. The van der Waals surface area contributed by atoms with Crippen LogP contribution in [0.25, 0.3) is 0 Å². The Morgan fingerprint density at radius 2 is 1.70 bits per heavy atom. The molecule has 0 aliphatic carbocycles. The summed E-state index contributed by atoms with van der Waals surface area (Å²) < 4.78 is 0. The fraction of sp³-hybridized carbons (Fsp3) is 0. The summed E-state index contributed by atoms with van der Waals surface area (Å²) in [5.74, 6) is -2.52. The van der Waals surface area contributed by atoms with Crippen molar-refractivity contribution in [2.45, 2.75) is 0 Å². The van der Waals surface area contributed by atoms with E-state index in [9.17, 15) is 14.4 Å². The third kappa shape index (κ3) is 2.74. The summed E-state index contributed by atoms with van der Waals surface area (Å²) in [5, 5.41) is 1.65. The second-order valence-corrected chi connectivity index (χ2v) is 1.20. The molecule has 0 aromatic carbocycles. The fourth-order valence-corrected chi connectivity index (χ4v) is 0.261. The molecule has 0 saturated carbocycles. The summed E-state index contributed by atoms with van der Waals surface area (Å²) in [6, 6.07) is 0. The van der Waals surface area contributed by atoms with Gasteiger partial charge in [0.25, 0.3) is 0 Å².